The van der Waals surface area contributed by atoms with E-state index in [1.54, 1.807) is 6.26 Å². The van der Waals surface area contributed by atoms with E-state index < -0.39 is 0 Å². The lowest BCUT2D eigenvalue weighted by Crippen LogP contribution is -2.31. The molecule has 7 heteroatoms. The highest BCUT2D eigenvalue weighted by atomic mass is 32.2. The molecule has 136 valence electrons. The molecule has 0 spiro atoms. The number of hydrogen-bond acceptors (Lipinski definition) is 5. The van der Waals surface area contributed by atoms with Crippen molar-refractivity contribution >= 4 is 17.7 Å². The van der Waals surface area contributed by atoms with Crippen LogP contribution in [0, 0.1) is 6.92 Å². The smallest absolute Gasteiger partial charge is 0.230 e. The maximum Gasteiger partial charge on any atom is 0.230 e. The predicted molar refractivity (Wildman–Crippen MR) is 102 cm³/mol. The summed E-state index contributed by atoms with van der Waals surface area (Å²) in [4.78, 5) is 12.0. The third-order valence-corrected chi connectivity index (χ3v) is 4.64. The first-order valence-corrected chi connectivity index (χ1v) is 9.46. The molecule has 2 heterocycles. The molecule has 0 radical (unpaired) electrons. The highest BCUT2D eigenvalue weighted by Crippen LogP contribution is 2.25. The molecule has 1 N–H and O–H groups in total. The van der Waals surface area contributed by atoms with Crippen molar-refractivity contribution in [3.05, 3.63) is 54.0 Å². The van der Waals surface area contributed by atoms with Crippen molar-refractivity contribution in [1.82, 2.24) is 20.1 Å². The van der Waals surface area contributed by atoms with Gasteiger partial charge in [-0.05, 0) is 39.0 Å². The van der Waals surface area contributed by atoms with Crippen molar-refractivity contribution < 1.29 is 9.21 Å². The largest absolute Gasteiger partial charge is 0.467 e. The van der Waals surface area contributed by atoms with Crippen LogP contribution in [0.5, 0.6) is 0 Å². The van der Waals surface area contributed by atoms with Crippen molar-refractivity contribution in [2.45, 2.75) is 38.5 Å². The molecule has 0 aliphatic carbocycles. The molecule has 0 saturated carbocycles. The van der Waals surface area contributed by atoms with Crippen molar-refractivity contribution in [1.29, 1.82) is 0 Å². The van der Waals surface area contributed by atoms with E-state index in [1.807, 2.05) is 55.7 Å². The van der Waals surface area contributed by atoms with Crippen molar-refractivity contribution in [2.24, 2.45) is 0 Å². The zero-order valence-corrected chi connectivity index (χ0v) is 15.9. The summed E-state index contributed by atoms with van der Waals surface area (Å²) in [7, 11) is 0. The second-order valence-corrected chi connectivity index (χ2v) is 7.29. The lowest BCUT2D eigenvalue weighted by molar-refractivity contribution is -0.119. The standard InChI is InChI=1S/C19H22N4O2S/c1-13(2)20-17(24)12-26-19-22-21-18(15-7-4-6-14(3)10-15)23(19)11-16-8-5-9-25-16/h4-10,13H,11-12H2,1-3H3,(H,20,24). The van der Waals surface area contributed by atoms with Gasteiger partial charge in [-0.15, -0.1) is 10.2 Å². The van der Waals surface area contributed by atoms with Crippen LogP contribution in [0.3, 0.4) is 0 Å². The van der Waals surface area contributed by atoms with Crippen molar-refractivity contribution in [3.8, 4) is 11.4 Å². The number of hydrogen-bond donors (Lipinski definition) is 1. The Labute approximate surface area is 157 Å². The third kappa shape index (κ3) is 4.54. The summed E-state index contributed by atoms with van der Waals surface area (Å²) >= 11 is 1.37. The number of benzene rings is 1. The van der Waals surface area contributed by atoms with Gasteiger partial charge in [0.2, 0.25) is 5.91 Å². The Morgan fingerprint density at radius 1 is 1.27 bits per heavy atom. The van der Waals surface area contributed by atoms with Gasteiger partial charge in [-0.3, -0.25) is 9.36 Å². The van der Waals surface area contributed by atoms with Gasteiger partial charge in [-0.1, -0.05) is 35.5 Å². The van der Waals surface area contributed by atoms with Crippen LogP contribution in [0.25, 0.3) is 11.4 Å². The van der Waals surface area contributed by atoms with E-state index in [0.717, 1.165) is 22.7 Å². The second-order valence-electron chi connectivity index (χ2n) is 6.35. The first kappa shape index (κ1) is 18.3. The van der Waals surface area contributed by atoms with Crippen LogP contribution in [0.15, 0.2) is 52.2 Å². The predicted octanol–water partition coefficient (Wildman–Crippen LogP) is 3.51. The van der Waals surface area contributed by atoms with E-state index in [1.165, 1.54) is 11.8 Å². The highest BCUT2D eigenvalue weighted by molar-refractivity contribution is 7.99. The van der Waals surface area contributed by atoms with Gasteiger partial charge >= 0.3 is 0 Å². The minimum absolute atomic E-state index is 0.0188. The van der Waals surface area contributed by atoms with Crippen molar-refractivity contribution in [3.63, 3.8) is 0 Å². The van der Waals surface area contributed by atoms with E-state index >= 15 is 0 Å². The van der Waals surface area contributed by atoms with Crippen LogP contribution in [0.4, 0.5) is 0 Å². The fraction of sp³-hybridized carbons (Fsp3) is 0.316. The summed E-state index contributed by atoms with van der Waals surface area (Å²) in [6, 6.07) is 12.0. The number of carbonyl (C=O) groups excluding carboxylic acids is 1. The van der Waals surface area contributed by atoms with Crippen LogP contribution in [0.2, 0.25) is 0 Å². The Kier molecular flexibility index (Phi) is 5.78. The zero-order chi connectivity index (χ0) is 18.5. The van der Waals surface area contributed by atoms with Crippen LogP contribution >= 0.6 is 11.8 Å². The Bertz CT molecular complexity index is 872. The summed E-state index contributed by atoms with van der Waals surface area (Å²) in [5.41, 5.74) is 2.14. The van der Waals surface area contributed by atoms with Gasteiger partial charge < -0.3 is 9.73 Å². The molecular weight excluding hydrogens is 348 g/mol. The van der Waals surface area contributed by atoms with Crippen LogP contribution in [-0.4, -0.2) is 32.5 Å². The molecule has 0 saturated heterocycles. The van der Waals surface area contributed by atoms with Crippen LogP contribution < -0.4 is 5.32 Å². The number of thioether (sulfide) groups is 1. The van der Waals surface area contributed by atoms with E-state index in [2.05, 4.69) is 21.6 Å². The Hall–Kier alpha value is -2.54. The normalized spacial score (nSPS) is 11.1. The minimum Gasteiger partial charge on any atom is -0.467 e. The van der Waals surface area contributed by atoms with Gasteiger partial charge in [0.1, 0.15) is 5.76 Å². The maximum absolute atomic E-state index is 12.0. The molecular formula is C19H22N4O2S. The molecule has 0 atom stereocenters. The van der Waals surface area contributed by atoms with Gasteiger partial charge in [-0.2, -0.15) is 0 Å². The summed E-state index contributed by atoms with van der Waals surface area (Å²) in [6.45, 7) is 6.44. The number of amides is 1. The third-order valence-electron chi connectivity index (χ3n) is 3.67. The van der Waals surface area contributed by atoms with Gasteiger partial charge in [0.15, 0.2) is 11.0 Å². The fourth-order valence-corrected chi connectivity index (χ4v) is 3.34. The average Bonchev–Trinajstić information content (AvgIpc) is 3.23. The summed E-state index contributed by atoms with van der Waals surface area (Å²) in [6.07, 6.45) is 1.65. The Morgan fingerprint density at radius 3 is 2.81 bits per heavy atom. The highest BCUT2D eigenvalue weighted by Gasteiger charge is 2.17. The first-order valence-electron chi connectivity index (χ1n) is 8.47. The quantitative estimate of drug-likeness (QED) is 0.644. The number of nitrogens with one attached hydrogen (secondary N) is 1. The lowest BCUT2D eigenvalue weighted by Gasteiger charge is -2.10. The number of aryl methyl sites for hydroxylation is 1. The number of carbonyl (C=O) groups is 1. The SMILES string of the molecule is Cc1cccc(-c2nnc(SCC(=O)NC(C)C)n2Cc2ccco2)c1. The minimum atomic E-state index is -0.0188. The Balaban J connectivity index is 1.87. The molecule has 26 heavy (non-hydrogen) atoms. The van der Waals surface area contributed by atoms with Gasteiger partial charge in [0.05, 0.1) is 18.6 Å². The molecule has 6 nitrogen and oxygen atoms in total. The molecule has 3 aromatic rings. The maximum atomic E-state index is 12.0. The molecule has 0 aliphatic heterocycles. The number of nitrogens with zero attached hydrogens (tertiary/aromatic N) is 3. The molecule has 3 rings (SSSR count). The van der Waals surface area contributed by atoms with E-state index in [4.69, 9.17) is 4.42 Å². The number of aromatic nitrogens is 3. The molecule has 1 aromatic carbocycles. The lowest BCUT2D eigenvalue weighted by atomic mass is 10.1. The summed E-state index contributed by atoms with van der Waals surface area (Å²) in [5.74, 6) is 1.85. The molecule has 0 bridgehead atoms. The number of furan rings is 1. The summed E-state index contributed by atoms with van der Waals surface area (Å²) < 4.78 is 7.48. The van der Waals surface area contributed by atoms with E-state index in [9.17, 15) is 4.79 Å². The second kappa shape index (κ2) is 8.23. The van der Waals surface area contributed by atoms with Crippen molar-refractivity contribution in [2.75, 3.05) is 5.75 Å². The zero-order valence-electron chi connectivity index (χ0n) is 15.1. The van der Waals surface area contributed by atoms with E-state index in [-0.39, 0.29) is 11.9 Å². The fourth-order valence-electron chi connectivity index (χ4n) is 2.59. The molecule has 2 aromatic heterocycles. The topological polar surface area (TPSA) is 73.0 Å². The van der Waals surface area contributed by atoms with Crippen LogP contribution in [-0.2, 0) is 11.3 Å². The molecule has 0 aliphatic rings. The molecule has 1 amide bonds. The van der Waals surface area contributed by atoms with Gasteiger partial charge in [0.25, 0.3) is 0 Å². The number of rotatable bonds is 7. The monoisotopic (exact) mass is 370 g/mol. The van der Waals surface area contributed by atoms with Gasteiger partial charge in [-0.25, -0.2) is 0 Å². The Morgan fingerprint density at radius 2 is 2.12 bits per heavy atom. The first-order chi connectivity index (χ1) is 12.5. The van der Waals surface area contributed by atoms with Gasteiger partial charge in [0, 0.05) is 11.6 Å². The average molecular weight is 370 g/mol. The molecule has 0 fully saturated rings. The van der Waals surface area contributed by atoms with Crippen LogP contribution in [0.1, 0.15) is 25.2 Å². The molecule has 0 unspecified atom stereocenters. The van der Waals surface area contributed by atoms with E-state index in [0.29, 0.717) is 17.5 Å². The summed E-state index contributed by atoms with van der Waals surface area (Å²) in [5, 5.41) is 12.3.